The van der Waals surface area contributed by atoms with Crippen LogP contribution in [-0.4, -0.2) is 90.6 Å². The summed E-state index contributed by atoms with van der Waals surface area (Å²) >= 11 is 0. The molecule has 2 saturated heterocycles. The van der Waals surface area contributed by atoms with Crippen molar-refractivity contribution in [3.63, 3.8) is 0 Å². The molecule has 0 aliphatic carbocycles. The van der Waals surface area contributed by atoms with Crippen LogP contribution in [0.25, 0.3) is 10.9 Å². The number of benzene rings is 2. The molecule has 2 fully saturated rings. The number of morpholine rings is 1. The van der Waals surface area contributed by atoms with Crippen LogP contribution in [0.5, 0.6) is 5.75 Å². The van der Waals surface area contributed by atoms with Gasteiger partial charge in [-0.25, -0.2) is 0 Å². The molecule has 36 heavy (non-hydrogen) atoms. The van der Waals surface area contributed by atoms with Crippen LogP contribution in [0.3, 0.4) is 0 Å². The second-order valence-corrected chi connectivity index (χ2v) is 9.83. The number of nitrogens with zero attached hydrogens (tertiary/aromatic N) is 3. The summed E-state index contributed by atoms with van der Waals surface area (Å²) in [5, 5.41) is 1.12. The molecule has 3 aliphatic rings. The monoisotopic (exact) mass is 488 g/mol. The lowest BCUT2D eigenvalue weighted by molar-refractivity contribution is -0.158. The minimum Gasteiger partial charge on any atom is -0.497 e. The van der Waals surface area contributed by atoms with Crippen molar-refractivity contribution < 1.29 is 19.1 Å². The van der Waals surface area contributed by atoms with Gasteiger partial charge in [0.25, 0.3) is 0 Å². The zero-order valence-electron chi connectivity index (χ0n) is 20.6. The molecule has 3 aromatic rings. The third-order valence-corrected chi connectivity index (χ3v) is 7.76. The van der Waals surface area contributed by atoms with Gasteiger partial charge < -0.3 is 24.3 Å². The van der Waals surface area contributed by atoms with E-state index in [2.05, 4.69) is 22.0 Å². The van der Waals surface area contributed by atoms with Crippen molar-refractivity contribution in [2.75, 3.05) is 53.0 Å². The van der Waals surface area contributed by atoms with Crippen molar-refractivity contribution in [1.82, 2.24) is 19.7 Å². The maximum absolute atomic E-state index is 13.8. The summed E-state index contributed by atoms with van der Waals surface area (Å²) in [6, 6.07) is 15.1. The topological polar surface area (TPSA) is 78.1 Å². The van der Waals surface area contributed by atoms with E-state index in [0.29, 0.717) is 13.0 Å². The van der Waals surface area contributed by atoms with Crippen molar-refractivity contribution in [2.45, 2.75) is 24.9 Å². The Morgan fingerprint density at radius 1 is 1.06 bits per heavy atom. The molecule has 8 nitrogen and oxygen atoms in total. The maximum atomic E-state index is 13.8. The van der Waals surface area contributed by atoms with Crippen molar-refractivity contribution >= 4 is 22.7 Å². The Hall–Kier alpha value is -3.36. The number of amides is 2. The van der Waals surface area contributed by atoms with Gasteiger partial charge in [-0.2, -0.15) is 0 Å². The highest BCUT2D eigenvalue weighted by atomic mass is 16.5. The zero-order valence-corrected chi connectivity index (χ0v) is 20.6. The summed E-state index contributed by atoms with van der Waals surface area (Å²) in [6.07, 6.45) is 1.37. The van der Waals surface area contributed by atoms with E-state index in [0.717, 1.165) is 72.7 Å². The first-order valence-corrected chi connectivity index (χ1v) is 12.8. The van der Waals surface area contributed by atoms with E-state index in [1.54, 1.807) is 12.0 Å². The summed E-state index contributed by atoms with van der Waals surface area (Å²) in [5.74, 6) is 0.760. The number of carbonyl (C=O) groups excluding carboxylic acids is 2. The van der Waals surface area contributed by atoms with Crippen LogP contribution in [0.15, 0.2) is 48.5 Å². The predicted molar refractivity (Wildman–Crippen MR) is 136 cm³/mol. The van der Waals surface area contributed by atoms with Crippen molar-refractivity contribution in [2.24, 2.45) is 0 Å². The summed E-state index contributed by atoms with van der Waals surface area (Å²) in [5.41, 5.74) is 4.07. The lowest BCUT2D eigenvalue weighted by Gasteiger charge is -2.47. The Kier molecular flexibility index (Phi) is 6.15. The molecule has 0 bridgehead atoms. The molecule has 188 valence electrons. The van der Waals surface area contributed by atoms with Gasteiger partial charge in [0, 0.05) is 49.2 Å². The Morgan fingerprint density at radius 2 is 1.89 bits per heavy atom. The molecular formula is C28H32N4O4. The van der Waals surface area contributed by atoms with Crippen LogP contribution in [0.2, 0.25) is 0 Å². The minimum atomic E-state index is -0.516. The largest absolute Gasteiger partial charge is 0.497 e. The highest BCUT2D eigenvalue weighted by molar-refractivity contribution is 5.97. The molecule has 8 heteroatoms. The quantitative estimate of drug-likeness (QED) is 0.577. The molecule has 2 atom stereocenters. The predicted octanol–water partition coefficient (Wildman–Crippen LogP) is 2.58. The lowest BCUT2D eigenvalue weighted by atomic mass is 9.86. The van der Waals surface area contributed by atoms with Crippen molar-refractivity contribution in [1.29, 1.82) is 0 Å². The number of aromatic nitrogens is 1. The molecule has 0 radical (unpaired) electrons. The molecule has 3 aliphatic heterocycles. The maximum Gasteiger partial charge on any atom is 0.246 e. The van der Waals surface area contributed by atoms with Gasteiger partial charge in [-0.15, -0.1) is 0 Å². The van der Waals surface area contributed by atoms with Crippen LogP contribution in [0, 0.1) is 0 Å². The van der Waals surface area contributed by atoms with Gasteiger partial charge >= 0.3 is 0 Å². The third kappa shape index (κ3) is 4.04. The molecule has 2 amide bonds. The summed E-state index contributed by atoms with van der Waals surface area (Å²) in [6.45, 7) is 5.00. The number of nitrogens with one attached hydrogen (secondary N) is 1. The van der Waals surface area contributed by atoms with Gasteiger partial charge in [0.05, 0.1) is 32.9 Å². The Labute approximate surface area is 210 Å². The van der Waals surface area contributed by atoms with Crippen molar-refractivity contribution in [3.05, 3.63) is 65.4 Å². The average molecular weight is 489 g/mol. The molecular weight excluding hydrogens is 456 g/mol. The Bertz CT molecular complexity index is 1280. The highest BCUT2D eigenvalue weighted by Crippen LogP contribution is 2.43. The first-order chi connectivity index (χ1) is 17.6. The summed E-state index contributed by atoms with van der Waals surface area (Å²) < 4.78 is 10.9. The third-order valence-electron chi connectivity index (χ3n) is 7.76. The number of hydrogen-bond acceptors (Lipinski definition) is 5. The first-order valence-electron chi connectivity index (χ1n) is 12.8. The van der Waals surface area contributed by atoms with Crippen LogP contribution < -0.4 is 4.74 Å². The Balaban J connectivity index is 1.32. The molecule has 0 spiro atoms. The van der Waals surface area contributed by atoms with Crippen LogP contribution in [0.1, 0.15) is 29.3 Å². The number of rotatable bonds is 6. The second-order valence-electron chi connectivity index (χ2n) is 9.83. The van der Waals surface area contributed by atoms with E-state index < -0.39 is 6.04 Å². The van der Waals surface area contributed by atoms with E-state index in [4.69, 9.17) is 9.47 Å². The fourth-order valence-electron chi connectivity index (χ4n) is 5.98. The van der Waals surface area contributed by atoms with Crippen LogP contribution in [-0.2, 0) is 20.7 Å². The Morgan fingerprint density at radius 3 is 2.72 bits per heavy atom. The standard InChI is InChI=1S/C28H32N4O4/c1-35-20-7-4-6-19(16-20)27-26-22(21-8-2-3-9-23(21)29-26)17-24-28(34)31(18-25(33)32(24)27)11-5-10-30-12-14-36-15-13-30/h2-4,6-9,16,24,27,29H,5,10-15,17-18H2,1H3/t24-,27?/m0/s1. The second kappa shape index (κ2) is 9.59. The van der Waals surface area contributed by atoms with Crippen LogP contribution >= 0.6 is 0 Å². The number of ether oxygens (including phenoxy) is 2. The van der Waals surface area contributed by atoms with Gasteiger partial charge in [-0.05, 0) is 35.7 Å². The normalized spacial score (nSPS) is 22.6. The molecule has 6 rings (SSSR count). The number of para-hydroxylation sites is 1. The van der Waals surface area contributed by atoms with Crippen molar-refractivity contribution in [3.8, 4) is 5.75 Å². The number of methoxy groups -OCH3 is 1. The van der Waals surface area contributed by atoms with Gasteiger partial charge in [-0.1, -0.05) is 30.3 Å². The fourth-order valence-corrected chi connectivity index (χ4v) is 5.98. The van der Waals surface area contributed by atoms with E-state index >= 15 is 0 Å². The first kappa shape index (κ1) is 23.1. The number of piperazine rings is 1. The lowest BCUT2D eigenvalue weighted by Crippen LogP contribution is -2.63. The zero-order chi connectivity index (χ0) is 24.6. The van der Waals surface area contributed by atoms with Gasteiger partial charge in [0.1, 0.15) is 11.8 Å². The number of hydrogen-bond donors (Lipinski definition) is 1. The number of fused-ring (bicyclic) bond motifs is 4. The number of H-pyrrole nitrogens is 1. The summed E-state index contributed by atoms with van der Waals surface area (Å²) in [4.78, 5) is 37.0. The fraction of sp³-hybridized carbons (Fsp3) is 0.429. The van der Waals surface area contributed by atoms with E-state index in [9.17, 15) is 9.59 Å². The van der Waals surface area contributed by atoms with E-state index in [1.807, 2.05) is 41.3 Å². The van der Waals surface area contributed by atoms with E-state index in [1.165, 1.54) is 0 Å². The van der Waals surface area contributed by atoms with Gasteiger partial charge in [-0.3, -0.25) is 14.5 Å². The molecule has 0 saturated carbocycles. The average Bonchev–Trinajstić information content (AvgIpc) is 3.29. The molecule has 2 aromatic carbocycles. The number of aromatic amines is 1. The SMILES string of the molecule is COc1cccc(C2c3[nH]c4ccccc4c3C[C@H]3C(=O)N(CCCN4CCOCC4)CC(=O)N23)c1. The smallest absolute Gasteiger partial charge is 0.246 e. The molecule has 1 aromatic heterocycles. The molecule has 1 N–H and O–H groups in total. The van der Waals surface area contributed by atoms with E-state index in [-0.39, 0.29) is 24.4 Å². The van der Waals surface area contributed by atoms with Crippen LogP contribution in [0.4, 0.5) is 0 Å². The highest BCUT2D eigenvalue weighted by Gasteiger charge is 2.48. The summed E-state index contributed by atoms with van der Waals surface area (Å²) in [7, 11) is 1.64. The van der Waals surface area contributed by atoms with Gasteiger partial charge in [0.2, 0.25) is 11.8 Å². The molecule has 1 unspecified atom stereocenters. The minimum absolute atomic E-state index is 0.0110. The van der Waals surface area contributed by atoms with Gasteiger partial charge in [0.15, 0.2) is 0 Å². The molecule has 4 heterocycles. The number of carbonyl (C=O) groups is 2.